The summed E-state index contributed by atoms with van der Waals surface area (Å²) in [6.45, 7) is 0.584. The minimum Gasteiger partial charge on any atom is -0.493 e. The quantitative estimate of drug-likeness (QED) is 0.759. The molecule has 2 N–H and O–H groups in total. The van der Waals surface area contributed by atoms with Gasteiger partial charge in [-0.15, -0.1) is 0 Å². The van der Waals surface area contributed by atoms with Gasteiger partial charge in [0.1, 0.15) is 0 Å². The number of hydrogen-bond donors (Lipinski definition) is 1. The molecule has 1 aromatic rings. The third kappa shape index (κ3) is 3.19. The van der Waals surface area contributed by atoms with E-state index in [1.165, 1.54) is 0 Å². The predicted molar refractivity (Wildman–Crippen MR) is 60.1 cm³/mol. The van der Waals surface area contributed by atoms with Crippen LogP contribution in [-0.4, -0.2) is 20.8 Å². The monoisotopic (exact) mass is 205 g/mol. The molecular formula is C12H15NO2. The summed E-state index contributed by atoms with van der Waals surface area (Å²) in [4.78, 5) is 0. The fourth-order valence-electron chi connectivity index (χ4n) is 1.15. The molecular weight excluding hydrogens is 190 g/mol. The summed E-state index contributed by atoms with van der Waals surface area (Å²) in [7, 11) is 3.21. The summed E-state index contributed by atoms with van der Waals surface area (Å²) in [5.74, 6) is 7.38. The Balaban J connectivity index is 2.89. The van der Waals surface area contributed by atoms with Gasteiger partial charge in [0.15, 0.2) is 11.5 Å². The molecule has 0 saturated carbocycles. The lowest BCUT2D eigenvalue weighted by Gasteiger charge is -2.06. The minimum atomic E-state index is 0.584. The van der Waals surface area contributed by atoms with Crippen LogP contribution >= 0.6 is 0 Å². The predicted octanol–water partition coefficient (Wildman–Crippen LogP) is 1.40. The Morgan fingerprint density at radius 1 is 1.20 bits per heavy atom. The third-order valence-corrected chi connectivity index (χ3v) is 1.89. The van der Waals surface area contributed by atoms with Crippen molar-refractivity contribution in [2.24, 2.45) is 5.73 Å². The molecule has 1 rings (SSSR count). The highest BCUT2D eigenvalue weighted by Gasteiger charge is 2.02. The molecule has 1 aromatic carbocycles. The van der Waals surface area contributed by atoms with Crippen LogP contribution in [-0.2, 0) is 0 Å². The summed E-state index contributed by atoms with van der Waals surface area (Å²) in [6.07, 6.45) is 0.703. The zero-order valence-electron chi connectivity index (χ0n) is 9.04. The van der Waals surface area contributed by atoms with E-state index in [0.717, 1.165) is 5.56 Å². The Labute approximate surface area is 90.2 Å². The number of ether oxygens (including phenoxy) is 2. The molecule has 0 saturated heterocycles. The number of methoxy groups -OCH3 is 2. The van der Waals surface area contributed by atoms with Crippen LogP contribution in [0.1, 0.15) is 12.0 Å². The maximum atomic E-state index is 5.35. The average Bonchev–Trinajstić information content (AvgIpc) is 2.29. The number of nitrogens with two attached hydrogens (primary N) is 1. The van der Waals surface area contributed by atoms with Gasteiger partial charge in [0.05, 0.1) is 14.2 Å². The standard InChI is InChI=1S/C12H15NO2/c1-14-11-7-6-10(5-3-4-8-13)9-12(11)15-2/h6-7,9H,4,8,13H2,1-2H3. The van der Waals surface area contributed by atoms with Crippen molar-refractivity contribution in [3.8, 4) is 23.3 Å². The summed E-state index contributed by atoms with van der Waals surface area (Å²) in [6, 6.07) is 5.58. The van der Waals surface area contributed by atoms with Crippen molar-refractivity contribution in [3.63, 3.8) is 0 Å². The zero-order chi connectivity index (χ0) is 11.1. The Kier molecular flexibility index (Phi) is 4.52. The van der Waals surface area contributed by atoms with Crippen LogP contribution in [0.4, 0.5) is 0 Å². The van der Waals surface area contributed by atoms with Gasteiger partial charge in [-0.25, -0.2) is 0 Å². The van der Waals surface area contributed by atoms with E-state index in [9.17, 15) is 0 Å². The highest BCUT2D eigenvalue weighted by Crippen LogP contribution is 2.26. The van der Waals surface area contributed by atoms with E-state index in [-0.39, 0.29) is 0 Å². The first-order valence-electron chi connectivity index (χ1n) is 4.72. The number of hydrogen-bond acceptors (Lipinski definition) is 3. The summed E-state index contributed by atoms with van der Waals surface area (Å²) in [5.41, 5.74) is 6.25. The maximum absolute atomic E-state index is 5.35. The number of benzene rings is 1. The lowest BCUT2D eigenvalue weighted by atomic mass is 10.2. The molecule has 15 heavy (non-hydrogen) atoms. The Morgan fingerprint density at radius 2 is 1.93 bits per heavy atom. The Morgan fingerprint density at radius 3 is 2.53 bits per heavy atom. The van der Waals surface area contributed by atoms with Gasteiger partial charge < -0.3 is 15.2 Å². The average molecular weight is 205 g/mol. The fourth-order valence-corrected chi connectivity index (χ4v) is 1.15. The van der Waals surface area contributed by atoms with Crippen LogP contribution in [0.5, 0.6) is 11.5 Å². The SMILES string of the molecule is COc1ccc(C#CCCN)cc1OC. The molecule has 0 atom stereocenters. The van der Waals surface area contributed by atoms with E-state index in [1.54, 1.807) is 14.2 Å². The van der Waals surface area contributed by atoms with Crippen LogP contribution in [0.25, 0.3) is 0 Å². The first-order valence-corrected chi connectivity index (χ1v) is 4.72. The highest BCUT2D eigenvalue weighted by atomic mass is 16.5. The highest BCUT2D eigenvalue weighted by molar-refractivity contribution is 5.48. The lowest BCUT2D eigenvalue weighted by molar-refractivity contribution is 0.355. The third-order valence-electron chi connectivity index (χ3n) is 1.89. The van der Waals surface area contributed by atoms with Crippen molar-refractivity contribution >= 4 is 0 Å². The second-order valence-corrected chi connectivity index (χ2v) is 2.91. The van der Waals surface area contributed by atoms with E-state index in [0.29, 0.717) is 24.5 Å². The van der Waals surface area contributed by atoms with Crippen molar-refractivity contribution in [1.29, 1.82) is 0 Å². The lowest BCUT2D eigenvalue weighted by Crippen LogP contribution is -1.95. The number of rotatable bonds is 3. The molecule has 0 aliphatic heterocycles. The first kappa shape index (κ1) is 11.4. The smallest absolute Gasteiger partial charge is 0.161 e. The van der Waals surface area contributed by atoms with Crippen LogP contribution < -0.4 is 15.2 Å². The van der Waals surface area contributed by atoms with Gasteiger partial charge in [-0.05, 0) is 18.2 Å². The van der Waals surface area contributed by atoms with Gasteiger partial charge >= 0.3 is 0 Å². The van der Waals surface area contributed by atoms with Crippen molar-refractivity contribution in [3.05, 3.63) is 23.8 Å². The minimum absolute atomic E-state index is 0.584. The molecule has 80 valence electrons. The van der Waals surface area contributed by atoms with E-state index >= 15 is 0 Å². The molecule has 0 radical (unpaired) electrons. The molecule has 0 amide bonds. The van der Waals surface area contributed by atoms with Crippen molar-refractivity contribution in [2.75, 3.05) is 20.8 Å². The fraction of sp³-hybridized carbons (Fsp3) is 0.333. The van der Waals surface area contributed by atoms with E-state index < -0.39 is 0 Å². The molecule has 0 heterocycles. The van der Waals surface area contributed by atoms with Gasteiger partial charge in [-0.3, -0.25) is 0 Å². The Hall–Kier alpha value is -1.66. The van der Waals surface area contributed by atoms with Gasteiger partial charge in [0, 0.05) is 18.5 Å². The Bertz CT molecular complexity index is 377. The van der Waals surface area contributed by atoms with E-state index in [4.69, 9.17) is 15.2 Å². The van der Waals surface area contributed by atoms with Crippen LogP contribution in [0, 0.1) is 11.8 Å². The maximum Gasteiger partial charge on any atom is 0.161 e. The normalized spacial score (nSPS) is 9.00. The van der Waals surface area contributed by atoms with Crippen molar-refractivity contribution in [1.82, 2.24) is 0 Å². The largest absolute Gasteiger partial charge is 0.493 e. The van der Waals surface area contributed by atoms with E-state index in [1.807, 2.05) is 18.2 Å². The zero-order valence-corrected chi connectivity index (χ0v) is 9.04. The molecule has 0 unspecified atom stereocenters. The molecule has 0 spiro atoms. The summed E-state index contributed by atoms with van der Waals surface area (Å²) >= 11 is 0. The van der Waals surface area contributed by atoms with Crippen LogP contribution in [0.3, 0.4) is 0 Å². The molecule has 0 aliphatic rings. The molecule has 0 bridgehead atoms. The molecule has 3 nitrogen and oxygen atoms in total. The van der Waals surface area contributed by atoms with Crippen molar-refractivity contribution in [2.45, 2.75) is 6.42 Å². The molecule has 3 heteroatoms. The molecule has 0 aliphatic carbocycles. The summed E-state index contributed by atoms with van der Waals surface area (Å²) in [5, 5.41) is 0. The van der Waals surface area contributed by atoms with Crippen LogP contribution in [0.2, 0.25) is 0 Å². The van der Waals surface area contributed by atoms with Crippen molar-refractivity contribution < 1.29 is 9.47 Å². The second-order valence-electron chi connectivity index (χ2n) is 2.91. The van der Waals surface area contributed by atoms with E-state index in [2.05, 4.69) is 11.8 Å². The second kappa shape index (κ2) is 5.94. The van der Waals surface area contributed by atoms with Crippen LogP contribution in [0.15, 0.2) is 18.2 Å². The first-order chi connectivity index (χ1) is 7.31. The van der Waals surface area contributed by atoms with Gasteiger partial charge in [0.25, 0.3) is 0 Å². The topological polar surface area (TPSA) is 44.5 Å². The molecule has 0 aromatic heterocycles. The van der Waals surface area contributed by atoms with Gasteiger partial charge in [0.2, 0.25) is 0 Å². The summed E-state index contributed by atoms with van der Waals surface area (Å²) < 4.78 is 10.3. The van der Waals surface area contributed by atoms with Gasteiger partial charge in [-0.1, -0.05) is 11.8 Å². The molecule has 0 fully saturated rings. The van der Waals surface area contributed by atoms with Gasteiger partial charge in [-0.2, -0.15) is 0 Å².